The van der Waals surface area contributed by atoms with Crippen LogP contribution >= 0.6 is 24.0 Å². The van der Waals surface area contributed by atoms with E-state index in [1.54, 1.807) is 0 Å². The van der Waals surface area contributed by atoms with Gasteiger partial charge in [-0.25, -0.2) is 0 Å². The van der Waals surface area contributed by atoms with E-state index in [0.29, 0.717) is 6.04 Å². The molecule has 3 heterocycles. The van der Waals surface area contributed by atoms with Gasteiger partial charge in [-0.2, -0.15) is 5.10 Å². The molecule has 2 saturated heterocycles. The quantitative estimate of drug-likeness (QED) is 0.405. The van der Waals surface area contributed by atoms with Gasteiger partial charge in [0.15, 0.2) is 5.96 Å². The van der Waals surface area contributed by atoms with Crippen molar-refractivity contribution in [3.05, 3.63) is 18.0 Å². The molecule has 0 amide bonds. The van der Waals surface area contributed by atoms with Crippen molar-refractivity contribution in [3.63, 3.8) is 0 Å². The smallest absolute Gasteiger partial charge is 0.194 e. The molecule has 1 atom stereocenters. The normalized spacial score (nSPS) is 22.1. The fourth-order valence-electron chi connectivity index (χ4n) is 3.45. The van der Waals surface area contributed by atoms with Gasteiger partial charge in [0, 0.05) is 45.0 Å². The Labute approximate surface area is 167 Å². The van der Waals surface area contributed by atoms with Gasteiger partial charge in [-0.1, -0.05) is 0 Å². The van der Waals surface area contributed by atoms with Gasteiger partial charge in [-0.15, -0.1) is 24.0 Å². The Morgan fingerprint density at radius 2 is 2.16 bits per heavy atom. The van der Waals surface area contributed by atoms with Crippen LogP contribution in [0.1, 0.15) is 18.9 Å². The third-order valence-corrected chi connectivity index (χ3v) is 4.71. The average Bonchev–Trinajstić information content (AvgIpc) is 3.24. The first-order valence-electron chi connectivity index (χ1n) is 9.10. The first-order chi connectivity index (χ1) is 11.8. The van der Waals surface area contributed by atoms with Gasteiger partial charge in [-0.3, -0.25) is 14.6 Å². The van der Waals surface area contributed by atoms with Gasteiger partial charge >= 0.3 is 0 Å². The van der Waals surface area contributed by atoms with Crippen LogP contribution in [0.15, 0.2) is 17.4 Å². The first-order valence-corrected chi connectivity index (χ1v) is 9.10. The number of nitrogens with one attached hydrogen (secondary N) is 1. The number of nitrogens with zero attached hydrogens (tertiary/aromatic N) is 5. The number of halogens is 1. The highest BCUT2D eigenvalue weighted by molar-refractivity contribution is 14.0. The van der Waals surface area contributed by atoms with Crippen LogP contribution in [0.3, 0.4) is 0 Å². The van der Waals surface area contributed by atoms with Gasteiger partial charge < -0.3 is 15.0 Å². The Morgan fingerprint density at radius 3 is 2.84 bits per heavy atom. The summed E-state index contributed by atoms with van der Waals surface area (Å²) in [5.74, 6) is 1.04. The molecule has 1 unspecified atom stereocenters. The lowest BCUT2D eigenvalue weighted by molar-refractivity contribution is 0.0195. The molecule has 1 aromatic rings. The molecule has 2 aliphatic heterocycles. The minimum atomic E-state index is 0. The highest BCUT2D eigenvalue weighted by atomic mass is 127. The number of guanidine groups is 1. The number of ether oxygens (including phenoxy) is 1. The highest BCUT2D eigenvalue weighted by Gasteiger charge is 2.30. The molecular formula is C17H31IN6O. The minimum absolute atomic E-state index is 0. The van der Waals surface area contributed by atoms with Crippen LogP contribution in [0, 0.1) is 6.92 Å². The van der Waals surface area contributed by atoms with E-state index in [9.17, 15) is 0 Å². The van der Waals surface area contributed by atoms with Crippen molar-refractivity contribution in [3.8, 4) is 0 Å². The van der Waals surface area contributed by atoms with Gasteiger partial charge in [0.05, 0.1) is 32.5 Å². The molecule has 1 N–H and O–H groups in total. The van der Waals surface area contributed by atoms with Gasteiger partial charge in [-0.05, 0) is 25.8 Å². The molecule has 1 aromatic heterocycles. The zero-order chi connectivity index (χ0) is 16.8. The number of aryl methyl sites for hydroxylation is 1. The minimum Gasteiger partial charge on any atom is -0.379 e. The van der Waals surface area contributed by atoms with E-state index in [0.717, 1.165) is 65.0 Å². The molecule has 8 heteroatoms. The summed E-state index contributed by atoms with van der Waals surface area (Å²) in [5, 5.41) is 7.77. The van der Waals surface area contributed by atoms with Crippen LogP contribution in [0.25, 0.3) is 0 Å². The highest BCUT2D eigenvalue weighted by Crippen LogP contribution is 2.17. The lowest BCUT2D eigenvalue weighted by atomic mass is 10.2. The van der Waals surface area contributed by atoms with Crippen molar-refractivity contribution in [2.24, 2.45) is 4.99 Å². The zero-order valence-corrected chi connectivity index (χ0v) is 17.7. The number of morpholine rings is 1. The molecule has 7 nitrogen and oxygen atoms in total. The predicted octanol–water partition coefficient (Wildman–Crippen LogP) is 1.18. The fraction of sp³-hybridized carbons (Fsp3) is 0.765. The fourth-order valence-corrected chi connectivity index (χ4v) is 3.45. The maximum Gasteiger partial charge on any atom is 0.194 e. The third kappa shape index (κ3) is 5.82. The van der Waals surface area contributed by atoms with E-state index in [1.165, 1.54) is 12.0 Å². The van der Waals surface area contributed by atoms with Crippen molar-refractivity contribution in [2.75, 3.05) is 52.5 Å². The number of hydrogen-bond donors (Lipinski definition) is 1. The van der Waals surface area contributed by atoms with Crippen molar-refractivity contribution in [1.82, 2.24) is 24.9 Å². The SMILES string of the molecule is CCNC(=NCCn1cc(C)cn1)N1CCC(N2CCOCC2)C1.I. The Bertz CT molecular complexity index is 543. The van der Waals surface area contributed by atoms with Crippen LogP contribution < -0.4 is 5.32 Å². The zero-order valence-electron chi connectivity index (χ0n) is 15.4. The Morgan fingerprint density at radius 1 is 1.36 bits per heavy atom. The van der Waals surface area contributed by atoms with Crippen LogP contribution in [0.2, 0.25) is 0 Å². The topological polar surface area (TPSA) is 57.9 Å². The molecule has 0 saturated carbocycles. The number of aromatic nitrogens is 2. The third-order valence-electron chi connectivity index (χ3n) is 4.71. The largest absolute Gasteiger partial charge is 0.379 e. The molecule has 3 rings (SSSR count). The van der Waals surface area contributed by atoms with Crippen LogP contribution in [-0.4, -0.2) is 84.1 Å². The summed E-state index contributed by atoms with van der Waals surface area (Å²) in [5.41, 5.74) is 1.19. The number of rotatable bonds is 5. The molecule has 2 fully saturated rings. The van der Waals surface area contributed by atoms with Gasteiger partial charge in [0.2, 0.25) is 0 Å². The molecule has 0 spiro atoms. The standard InChI is InChI=1S/C17H30N6O.HI/c1-3-18-17(19-5-7-23-13-15(2)12-20-23)22-6-4-16(14-22)21-8-10-24-11-9-21;/h12-13,16H,3-11,14H2,1-2H3,(H,18,19);1H. The molecule has 2 aliphatic rings. The van der Waals surface area contributed by atoms with Crippen LogP contribution in [0.5, 0.6) is 0 Å². The molecule has 0 aromatic carbocycles. The van der Waals surface area contributed by atoms with Crippen molar-refractivity contribution >= 4 is 29.9 Å². The van der Waals surface area contributed by atoms with E-state index in [1.807, 2.05) is 10.9 Å². The molecule has 25 heavy (non-hydrogen) atoms. The molecule has 0 bridgehead atoms. The average molecular weight is 462 g/mol. The number of likely N-dealkylation sites (tertiary alicyclic amines) is 1. The number of aliphatic imine (C=N–C) groups is 1. The number of hydrogen-bond acceptors (Lipinski definition) is 4. The van der Waals surface area contributed by atoms with Crippen molar-refractivity contribution in [2.45, 2.75) is 32.9 Å². The molecular weight excluding hydrogens is 431 g/mol. The lowest BCUT2D eigenvalue weighted by Crippen LogP contribution is -2.46. The van der Waals surface area contributed by atoms with Crippen LogP contribution in [-0.2, 0) is 11.3 Å². The van der Waals surface area contributed by atoms with E-state index in [-0.39, 0.29) is 24.0 Å². The summed E-state index contributed by atoms with van der Waals surface area (Å²) >= 11 is 0. The van der Waals surface area contributed by atoms with Gasteiger partial charge in [0.25, 0.3) is 0 Å². The Kier molecular flexibility index (Phi) is 8.44. The van der Waals surface area contributed by atoms with Crippen molar-refractivity contribution < 1.29 is 4.74 Å². The second kappa shape index (κ2) is 10.3. The summed E-state index contributed by atoms with van der Waals surface area (Å²) in [4.78, 5) is 9.78. The Balaban J connectivity index is 0.00000225. The first kappa shape index (κ1) is 20.4. The van der Waals surface area contributed by atoms with E-state index in [2.05, 4.69) is 40.3 Å². The van der Waals surface area contributed by atoms with Crippen molar-refractivity contribution in [1.29, 1.82) is 0 Å². The van der Waals surface area contributed by atoms with E-state index >= 15 is 0 Å². The second-order valence-corrected chi connectivity index (χ2v) is 6.55. The Hall–Kier alpha value is -0.870. The molecule has 0 aliphatic carbocycles. The van der Waals surface area contributed by atoms with Crippen LogP contribution in [0.4, 0.5) is 0 Å². The van der Waals surface area contributed by atoms with E-state index in [4.69, 9.17) is 9.73 Å². The maximum atomic E-state index is 5.47. The predicted molar refractivity (Wildman–Crippen MR) is 111 cm³/mol. The summed E-state index contributed by atoms with van der Waals surface area (Å²) in [6.45, 7) is 12.7. The summed E-state index contributed by atoms with van der Waals surface area (Å²) in [7, 11) is 0. The molecule has 142 valence electrons. The second-order valence-electron chi connectivity index (χ2n) is 6.55. The monoisotopic (exact) mass is 462 g/mol. The maximum absolute atomic E-state index is 5.47. The summed E-state index contributed by atoms with van der Waals surface area (Å²) in [6.07, 6.45) is 5.16. The lowest BCUT2D eigenvalue weighted by Gasteiger charge is -2.32. The van der Waals surface area contributed by atoms with E-state index < -0.39 is 0 Å². The molecule has 0 radical (unpaired) electrons. The summed E-state index contributed by atoms with van der Waals surface area (Å²) < 4.78 is 7.43. The van der Waals surface area contributed by atoms with Gasteiger partial charge in [0.1, 0.15) is 0 Å². The summed E-state index contributed by atoms with van der Waals surface area (Å²) in [6, 6.07) is 0.631.